The highest BCUT2D eigenvalue weighted by atomic mass is 19.1. The van der Waals surface area contributed by atoms with Crippen molar-refractivity contribution in [2.45, 2.75) is 37.8 Å². The van der Waals surface area contributed by atoms with Gasteiger partial charge >= 0.3 is 0 Å². The molecule has 1 aromatic heterocycles. The zero-order valence-electron chi connectivity index (χ0n) is 9.73. The number of pyridine rings is 1. The third kappa shape index (κ3) is 3.21. The van der Waals surface area contributed by atoms with E-state index >= 15 is 0 Å². The van der Waals surface area contributed by atoms with Gasteiger partial charge in [0.15, 0.2) is 0 Å². The fourth-order valence-corrected chi connectivity index (χ4v) is 2.22. The molecule has 0 aliphatic carbocycles. The van der Waals surface area contributed by atoms with Gasteiger partial charge in [0, 0.05) is 24.4 Å². The lowest BCUT2D eigenvalue weighted by atomic mass is 10.0. The average Bonchev–Trinajstić information content (AvgIpc) is 2.85. The fourth-order valence-electron chi connectivity index (χ4n) is 2.22. The van der Waals surface area contributed by atoms with Crippen LogP contribution in [0.4, 0.5) is 4.39 Å². The van der Waals surface area contributed by atoms with Gasteiger partial charge in [-0.3, -0.25) is 16.3 Å². The second kappa shape index (κ2) is 6.05. The lowest BCUT2D eigenvalue weighted by Crippen LogP contribution is -2.29. The van der Waals surface area contributed by atoms with Gasteiger partial charge in [-0.25, -0.2) is 4.39 Å². The fraction of sp³-hybridized carbons (Fsp3) is 0.583. The van der Waals surface area contributed by atoms with Gasteiger partial charge in [-0.2, -0.15) is 0 Å². The maximum Gasteiger partial charge on any atom is 0.146 e. The Balaban J connectivity index is 1.94. The summed E-state index contributed by atoms with van der Waals surface area (Å²) < 4.78 is 19.1. The van der Waals surface area contributed by atoms with Gasteiger partial charge in [-0.15, -0.1) is 0 Å². The summed E-state index contributed by atoms with van der Waals surface area (Å²) in [4.78, 5) is 3.73. The minimum absolute atomic E-state index is 0.179. The van der Waals surface area contributed by atoms with E-state index in [9.17, 15) is 4.39 Å². The maximum atomic E-state index is 13.5. The summed E-state index contributed by atoms with van der Waals surface area (Å²) in [5.74, 6) is 5.16. The maximum absolute atomic E-state index is 13.5. The van der Waals surface area contributed by atoms with E-state index in [4.69, 9.17) is 10.6 Å². The number of nitrogens with two attached hydrogens (primary N) is 1. The van der Waals surface area contributed by atoms with Crippen LogP contribution in [0.5, 0.6) is 0 Å². The van der Waals surface area contributed by atoms with Crippen molar-refractivity contribution in [3.63, 3.8) is 0 Å². The van der Waals surface area contributed by atoms with Crippen LogP contribution in [0.25, 0.3) is 0 Å². The smallest absolute Gasteiger partial charge is 0.146 e. The van der Waals surface area contributed by atoms with Crippen molar-refractivity contribution in [3.05, 3.63) is 29.8 Å². The molecule has 1 aromatic rings. The van der Waals surface area contributed by atoms with Crippen LogP contribution >= 0.6 is 0 Å². The van der Waals surface area contributed by atoms with Gasteiger partial charge in [0.1, 0.15) is 5.82 Å². The summed E-state index contributed by atoms with van der Waals surface area (Å²) in [6, 6.07) is 1.48. The highest BCUT2D eigenvalue weighted by Crippen LogP contribution is 2.24. The first-order chi connectivity index (χ1) is 8.31. The van der Waals surface area contributed by atoms with Gasteiger partial charge in [0.2, 0.25) is 0 Å². The van der Waals surface area contributed by atoms with Crippen molar-refractivity contribution < 1.29 is 9.13 Å². The highest BCUT2D eigenvalue weighted by molar-refractivity contribution is 5.17. The largest absolute Gasteiger partial charge is 0.378 e. The molecule has 3 N–H and O–H groups in total. The number of halogens is 1. The minimum Gasteiger partial charge on any atom is -0.378 e. The van der Waals surface area contributed by atoms with Crippen LogP contribution in [0, 0.1) is 5.82 Å². The number of hydrogen-bond acceptors (Lipinski definition) is 4. The Hall–Kier alpha value is -1.04. The first-order valence-corrected chi connectivity index (χ1v) is 5.98. The minimum atomic E-state index is -0.317. The molecule has 2 rings (SSSR count). The van der Waals surface area contributed by atoms with Crippen LogP contribution in [0.1, 0.15) is 37.3 Å². The Morgan fingerprint density at radius 1 is 1.65 bits per heavy atom. The lowest BCUT2D eigenvalue weighted by Gasteiger charge is -2.18. The molecule has 1 saturated heterocycles. The Kier molecular flexibility index (Phi) is 4.42. The molecular formula is C12H18FN3O. The van der Waals surface area contributed by atoms with E-state index < -0.39 is 0 Å². The second-order valence-corrected chi connectivity index (χ2v) is 4.33. The Labute approximate surface area is 100 Å². The van der Waals surface area contributed by atoms with Crippen molar-refractivity contribution in [1.29, 1.82) is 0 Å². The summed E-state index contributed by atoms with van der Waals surface area (Å²) in [5, 5.41) is 0. The van der Waals surface area contributed by atoms with E-state index in [-0.39, 0.29) is 11.9 Å². The molecule has 1 fully saturated rings. The van der Waals surface area contributed by atoms with Crippen LogP contribution in [0.3, 0.4) is 0 Å². The number of nitrogens with zero attached hydrogens (tertiary/aromatic N) is 1. The molecule has 4 nitrogen and oxygen atoms in total. The standard InChI is InChI=1S/C12H18FN3O/c13-11-8-15-6-5-10(11)12(16-14)4-3-9-2-1-7-17-9/h5-6,8-9,12,16H,1-4,7,14H2. The number of aromatic nitrogens is 1. The molecule has 2 unspecified atom stereocenters. The summed E-state index contributed by atoms with van der Waals surface area (Å²) in [5.41, 5.74) is 3.23. The first-order valence-electron chi connectivity index (χ1n) is 5.98. The molecule has 0 amide bonds. The number of rotatable bonds is 5. The summed E-state index contributed by atoms with van der Waals surface area (Å²) in [6.45, 7) is 0.842. The highest BCUT2D eigenvalue weighted by Gasteiger charge is 2.19. The van der Waals surface area contributed by atoms with E-state index in [1.807, 2.05) is 0 Å². The Morgan fingerprint density at radius 3 is 3.18 bits per heavy atom. The van der Waals surface area contributed by atoms with E-state index in [1.54, 1.807) is 12.3 Å². The molecule has 17 heavy (non-hydrogen) atoms. The van der Waals surface area contributed by atoms with Crippen molar-refractivity contribution >= 4 is 0 Å². The van der Waals surface area contributed by atoms with E-state index in [0.29, 0.717) is 11.7 Å². The van der Waals surface area contributed by atoms with Crippen LogP contribution in [-0.2, 0) is 4.74 Å². The quantitative estimate of drug-likeness (QED) is 0.606. The van der Waals surface area contributed by atoms with Crippen LogP contribution in [0.15, 0.2) is 18.5 Å². The molecule has 1 aliphatic heterocycles. The molecular weight excluding hydrogens is 221 g/mol. The zero-order valence-corrected chi connectivity index (χ0v) is 9.73. The molecule has 0 saturated carbocycles. The van der Waals surface area contributed by atoms with Gasteiger partial charge in [-0.05, 0) is 31.7 Å². The molecule has 2 heterocycles. The van der Waals surface area contributed by atoms with Crippen LogP contribution in [0.2, 0.25) is 0 Å². The third-order valence-corrected chi connectivity index (χ3v) is 3.18. The normalized spacial score (nSPS) is 21.6. The van der Waals surface area contributed by atoms with Crippen molar-refractivity contribution in [1.82, 2.24) is 10.4 Å². The predicted octanol–water partition coefficient (Wildman–Crippen LogP) is 1.68. The third-order valence-electron chi connectivity index (χ3n) is 3.18. The molecule has 0 aromatic carbocycles. The molecule has 0 bridgehead atoms. The number of nitrogens with one attached hydrogen (secondary N) is 1. The SMILES string of the molecule is NNC(CCC1CCCO1)c1ccncc1F. The summed E-state index contributed by atoms with van der Waals surface area (Å²) >= 11 is 0. The van der Waals surface area contributed by atoms with Gasteiger partial charge in [0.25, 0.3) is 0 Å². The molecule has 94 valence electrons. The summed E-state index contributed by atoms with van der Waals surface area (Å²) in [7, 11) is 0. The van der Waals surface area contributed by atoms with Crippen LogP contribution < -0.4 is 11.3 Å². The monoisotopic (exact) mass is 239 g/mol. The van der Waals surface area contributed by atoms with Gasteiger partial charge in [-0.1, -0.05) is 0 Å². The molecule has 2 atom stereocenters. The molecule has 1 aliphatic rings. The predicted molar refractivity (Wildman–Crippen MR) is 62.5 cm³/mol. The van der Waals surface area contributed by atoms with E-state index in [0.717, 1.165) is 32.3 Å². The number of hydrogen-bond donors (Lipinski definition) is 2. The zero-order chi connectivity index (χ0) is 12.1. The number of ether oxygens (including phenoxy) is 1. The molecule has 0 spiro atoms. The number of hydrazine groups is 1. The van der Waals surface area contributed by atoms with E-state index in [2.05, 4.69) is 10.4 Å². The Morgan fingerprint density at radius 2 is 2.53 bits per heavy atom. The van der Waals surface area contributed by atoms with Gasteiger partial charge < -0.3 is 4.74 Å². The Bertz CT molecular complexity index is 355. The van der Waals surface area contributed by atoms with Crippen molar-refractivity contribution in [3.8, 4) is 0 Å². The topological polar surface area (TPSA) is 60.2 Å². The van der Waals surface area contributed by atoms with Crippen molar-refractivity contribution in [2.75, 3.05) is 6.61 Å². The summed E-state index contributed by atoms with van der Waals surface area (Å²) in [6.07, 6.45) is 6.97. The second-order valence-electron chi connectivity index (χ2n) is 4.33. The van der Waals surface area contributed by atoms with Gasteiger partial charge in [0.05, 0.1) is 12.3 Å². The lowest BCUT2D eigenvalue weighted by molar-refractivity contribution is 0.0995. The molecule has 0 radical (unpaired) electrons. The van der Waals surface area contributed by atoms with Crippen molar-refractivity contribution in [2.24, 2.45) is 5.84 Å². The first kappa shape index (κ1) is 12.4. The average molecular weight is 239 g/mol. The molecule has 5 heteroatoms. The van der Waals surface area contributed by atoms with Crippen LogP contribution in [-0.4, -0.2) is 17.7 Å². The van der Waals surface area contributed by atoms with E-state index in [1.165, 1.54) is 6.20 Å².